The molecule has 3 fully saturated rings. The number of rotatable bonds is 4. The van der Waals surface area contributed by atoms with Gasteiger partial charge in [0.05, 0.1) is 24.9 Å². The largest absolute Gasteiger partial charge is 0.468 e. The summed E-state index contributed by atoms with van der Waals surface area (Å²) in [5.41, 5.74) is -1.02. The number of anilines is 1. The molecule has 0 spiro atoms. The maximum atomic E-state index is 13.2. The number of esters is 1. The molecule has 3 heterocycles. The summed E-state index contributed by atoms with van der Waals surface area (Å²) in [5.74, 6) is -0.234. The van der Waals surface area contributed by atoms with E-state index in [0.29, 0.717) is 42.0 Å². The minimum atomic E-state index is -1.03. The Kier molecular flexibility index (Phi) is 4.00. The number of carbonyl (C=O) groups is 3. The molecule has 2 atom stereocenters. The van der Waals surface area contributed by atoms with Gasteiger partial charge in [-0.1, -0.05) is 0 Å². The molecule has 1 aliphatic heterocycles. The van der Waals surface area contributed by atoms with Crippen LogP contribution in [-0.4, -0.2) is 57.3 Å². The molecule has 0 radical (unpaired) electrons. The smallest absolute Gasteiger partial charge is 0.321 e. The number of aromatic nitrogens is 3. The highest BCUT2D eigenvalue weighted by molar-refractivity contribution is 9.10. The molecule has 2 aliphatic carbocycles. The average Bonchev–Trinajstić information content (AvgIpc) is 3.34. The zero-order chi connectivity index (χ0) is 20.4. The Morgan fingerprint density at radius 2 is 2.07 bits per heavy atom. The lowest BCUT2D eigenvalue weighted by atomic mass is 9.61. The van der Waals surface area contributed by atoms with Crippen molar-refractivity contribution in [1.82, 2.24) is 19.3 Å². The normalized spacial score (nSPS) is 26.6. The van der Waals surface area contributed by atoms with Gasteiger partial charge >= 0.3 is 5.97 Å². The van der Waals surface area contributed by atoms with E-state index in [-0.39, 0.29) is 17.7 Å². The molecule has 2 saturated carbocycles. The molecule has 2 amide bonds. The van der Waals surface area contributed by atoms with Crippen LogP contribution in [0.2, 0.25) is 0 Å². The summed E-state index contributed by atoms with van der Waals surface area (Å²) in [7, 11) is 1.31. The van der Waals surface area contributed by atoms with Crippen molar-refractivity contribution in [2.45, 2.75) is 25.7 Å². The minimum absolute atomic E-state index is 0.104. The van der Waals surface area contributed by atoms with Crippen LogP contribution >= 0.6 is 15.9 Å². The zero-order valence-electron chi connectivity index (χ0n) is 15.9. The van der Waals surface area contributed by atoms with Crippen LogP contribution in [0.4, 0.5) is 5.82 Å². The van der Waals surface area contributed by atoms with Crippen molar-refractivity contribution in [3.63, 3.8) is 0 Å². The number of amides is 2. The Labute approximate surface area is 174 Å². The van der Waals surface area contributed by atoms with E-state index < -0.39 is 16.8 Å². The van der Waals surface area contributed by atoms with Crippen molar-refractivity contribution in [3.05, 3.63) is 23.2 Å². The topological polar surface area (TPSA) is 106 Å². The molecule has 5 rings (SSSR count). The van der Waals surface area contributed by atoms with Gasteiger partial charge in [-0.3, -0.25) is 14.4 Å². The van der Waals surface area contributed by atoms with E-state index >= 15 is 0 Å². The van der Waals surface area contributed by atoms with Crippen molar-refractivity contribution in [2.75, 3.05) is 25.5 Å². The van der Waals surface area contributed by atoms with Gasteiger partial charge in [0.2, 0.25) is 11.8 Å². The molecule has 3 aliphatic rings. The monoisotopic (exact) mass is 461 g/mol. The Morgan fingerprint density at radius 1 is 1.28 bits per heavy atom. The summed E-state index contributed by atoms with van der Waals surface area (Å²) >= 11 is 3.31. The van der Waals surface area contributed by atoms with Gasteiger partial charge in [-0.05, 0) is 47.5 Å². The highest BCUT2D eigenvalue weighted by atomic mass is 79.9. The molecule has 0 bridgehead atoms. The van der Waals surface area contributed by atoms with Crippen molar-refractivity contribution in [2.24, 2.45) is 16.7 Å². The molecular weight excluding hydrogens is 442 g/mol. The predicted molar refractivity (Wildman–Crippen MR) is 105 cm³/mol. The highest BCUT2D eigenvalue weighted by Crippen LogP contribution is 2.55. The number of hydrogen-bond acceptors (Lipinski definition) is 6. The zero-order valence-corrected chi connectivity index (χ0v) is 17.4. The van der Waals surface area contributed by atoms with Gasteiger partial charge in [0.1, 0.15) is 10.0 Å². The van der Waals surface area contributed by atoms with Crippen LogP contribution in [0.3, 0.4) is 0 Å². The van der Waals surface area contributed by atoms with Crippen molar-refractivity contribution < 1.29 is 19.1 Å². The number of fused-ring (bicyclic) bond motifs is 2. The maximum absolute atomic E-state index is 13.2. The lowest BCUT2D eigenvalue weighted by Crippen LogP contribution is -2.49. The van der Waals surface area contributed by atoms with Gasteiger partial charge in [0.15, 0.2) is 11.5 Å². The number of nitrogens with one attached hydrogen (secondary N) is 1. The third-order valence-electron chi connectivity index (χ3n) is 6.66. The number of imidazole rings is 1. The summed E-state index contributed by atoms with van der Waals surface area (Å²) in [6.07, 6.45) is 7.76. The molecule has 9 nitrogen and oxygen atoms in total. The fraction of sp³-hybridized carbons (Fsp3) is 0.526. The molecule has 2 aromatic heterocycles. The SMILES string of the molecule is COC(=O)C1(C(=O)N2CC3CCC3(C(=O)Nc3cn4cc(Br)ncc4n3)C2)CC1. The lowest BCUT2D eigenvalue weighted by molar-refractivity contribution is -0.155. The number of nitrogens with zero attached hydrogens (tertiary/aromatic N) is 4. The van der Waals surface area contributed by atoms with E-state index in [1.807, 2.05) is 0 Å². The fourth-order valence-corrected chi connectivity index (χ4v) is 4.99. The van der Waals surface area contributed by atoms with E-state index in [1.165, 1.54) is 7.11 Å². The summed E-state index contributed by atoms with van der Waals surface area (Å²) in [4.78, 5) is 48.4. The van der Waals surface area contributed by atoms with Crippen molar-refractivity contribution in [3.8, 4) is 0 Å². The van der Waals surface area contributed by atoms with Crippen LogP contribution < -0.4 is 5.32 Å². The molecule has 2 unspecified atom stereocenters. The summed E-state index contributed by atoms with van der Waals surface area (Å²) in [6, 6.07) is 0. The van der Waals surface area contributed by atoms with Crippen molar-refractivity contribution in [1.29, 1.82) is 0 Å². The first-order valence-electron chi connectivity index (χ1n) is 9.57. The second kappa shape index (κ2) is 6.25. The van der Waals surface area contributed by atoms with Gasteiger partial charge in [0, 0.05) is 19.3 Å². The van der Waals surface area contributed by atoms with Gasteiger partial charge in [-0.2, -0.15) is 0 Å². The summed E-state index contributed by atoms with van der Waals surface area (Å²) in [6.45, 7) is 0.842. The Balaban J connectivity index is 1.33. The lowest BCUT2D eigenvalue weighted by Gasteiger charge is -2.41. The number of carbonyl (C=O) groups excluding carboxylic acids is 3. The van der Waals surface area contributed by atoms with Crippen LogP contribution in [-0.2, 0) is 19.1 Å². The second-order valence-corrected chi connectivity index (χ2v) is 9.02. The van der Waals surface area contributed by atoms with Gasteiger partial charge in [-0.25, -0.2) is 9.97 Å². The van der Waals surface area contributed by atoms with Crippen LogP contribution in [0.15, 0.2) is 23.2 Å². The Hall–Kier alpha value is -2.49. The summed E-state index contributed by atoms with van der Waals surface area (Å²) < 4.78 is 7.28. The molecule has 0 aromatic carbocycles. The second-order valence-electron chi connectivity index (χ2n) is 8.21. The number of hydrogen-bond donors (Lipinski definition) is 1. The quantitative estimate of drug-likeness (QED) is 0.547. The molecule has 10 heteroatoms. The van der Waals surface area contributed by atoms with Crippen LogP contribution in [0.25, 0.3) is 5.65 Å². The van der Waals surface area contributed by atoms with E-state index in [4.69, 9.17) is 4.74 Å². The molecule has 152 valence electrons. The average molecular weight is 462 g/mol. The van der Waals surface area contributed by atoms with Gasteiger partial charge in [-0.15, -0.1) is 0 Å². The van der Waals surface area contributed by atoms with E-state index in [2.05, 4.69) is 31.2 Å². The number of likely N-dealkylation sites (tertiary alicyclic amines) is 1. The predicted octanol–water partition coefficient (Wildman–Crippen LogP) is 1.62. The van der Waals surface area contributed by atoms with E-state index in [0.717, 1.165) is 12.8 Å². The third kappa shape index (κ3) is 2.68. The molecular formula is C19H20BrN5O4. The van der Waals surface area contributed by atoms with Gasteiger partial charge < -0.3 is 19.4 Å². The van der Waals surface area contributed by atoms with E-state index in [9.17, 15) is 14.4 Å². The van der Waals surface area contributed by atoms with Crippen molar-refractivity contribution >= 4 is 45.2 Å². The van der Waals surface area contributed by atoms with Gasteiger partial charge in [0.25, 0.3) is 0 Å². The molecule has 2 aromatic rings. The van der Waals surface area contributed by atoms with Crippen LogP contribution in [0.5, 0.6) is 0 Å². The van der Waals surface area contributed by atoms with E-state index in [1.54, 1.807) is 27.9 Å². The van der Waals surface area contributed by atoms with Crippen LogP contribution in [0, 0.1) is 16.7 Å². The van der Waals surface area contributed by atoms with Crippen LogP contribution in [0.1, 0.15) is 25.7 Å². The Bertz CT molecular complexity index is 1050. The molecule has 1 N–H and O–H groups in total. The first-order valence-corrected chi connectivity index (χ1v) is 10.4. The molecule has 1 saturated heterocycles. The first kappa shape index (κ1) is 18.5. The number of halogens is 1. The summed E-state index contributed by atoms with van der Waals surface area (Å²) in [5, 5.41) is 2.92. The number of methoxy groups -OCH3 is 1. The highest BCUT2D eigenvalue weighted by Gasteiger charge is 2.64. The Morgan fingerprint density at radius 3 is 2.72 bits per heavy atom. The first-order chi connectivity index (χ1) is 13.9. The fourth-order valence-electron chi connectivity index (χ4n) is 4.67. The third-order valence-corrected chi connectivity index (χ3v) is 7.07. The standard InChI is InChI=1S/C19H20BrN5O4/c1-29-17(28)18(4-5-18)16(27)25-7-11-2-3-19(11,10-25)15(26)23-13-9-24-8-12(20)21-6-14(24)22-13/h6,8-9,11H,2-5,7,10H2,1H3,(H,23,26). The molecule has 29 heavy (non-hydrogen) atoms. The maximum Gasteiger partial charge on any atom is 0.321 e. The number of ether oxygens (including phenoxy) is 1. The minimum Gasteiger partial charge on any atom is -0.468 e.